The third kappa shape index (κ3) is 1.90. The number of hydrogen-bond acceptors (Lipinski definition) is 7. The number of aromatic nitrogens is 3. The van der Waals surface area contributed by atoms with E-state index in [1.807, 2.05) is 0 Å². The van der Waals surface area contributed by atoms with E-state index in [0.29, 0.717) is 21.3 Å². The number of nitrogens with zero attached hydrogens (tertiary/aromatic N) is 3. The Hall–Kier alpha value is -1.26. The molecular weight excluding hydrogens is 332 g/mol. The largest absolute Gasteiger partial charge is 0.394 e. The molecule has 5 N–H and O–H groups in total. The molecule has 0 radical (unpaired) electrons. The molecule has 0 bridgehead atoms. The Kier molecular flexibility index (Phi) is 3.38. The maximum Gasteiger partial charge on any atom is 0.164 e. The molecule has 20 heavy (non-hydrogen) atoms. The van der Waals surface area contributed by atoms with Gasteiger partial charge in [-0.2, -0.15) is 0 Å². The van der Waals surface area contributed by atoms with Crippen molar-refractivity contribution in [2.75, 3.05) is 12.3 Å². The van der Waals surface area contributed by atoms with Crippen molar-refractivity contribution in [1.29, 1.82) is 0 Å². The monoisotopic (exact) mass is 344 g/mol. The molecule has 0 spiro atoms. The zero-order chi connectivity index (χ0) is 14.4. The standard InChI is InChI=1S/C11H13BrN4O4/c12-4-1-16(10-6(4)9(13)14-3-15-10)11-8(19)7(18)5(2-17)20-11/h1,3,5,7-8,11,17-19H,2H2,(H2,13,14,15)/t5-,7-,8-,11-/m0/s1. The predicted molar refractivity (Wildman–Crippen MR) is 72.6 cm³/mol. The van der Waals surface area contributed by atoms with Crippen molar-refractivity contribution in [3.63, 3.8) is 0 Å². The maximum atomic E-state index is 10.1. The lowest BCUT2D eigenvalue weighted by molar-refractivity contribution is -0.0509. The number of anilines is 1. The van der Waals surface area contributed by atoms with Crippen LogP contribution in [-0.2, 0) is 4.74 Å². The van der Waals surface area contributed by atoms with Crippen LogP contribution in [0.3, 0.4) is 0 Å². The summed E-state index contributed by atoms with van der Waals surface area (Å²) in [7, 11) is 0. The van der Waals surface area contributed by atoms with Gasteiger partial charge in [0.15, 0.2) is 6.23 Å². The Labute approximate surface area is 121 Å². The average molecular weight is 345 g/mol. The van der Waals surface area contributed by atoms with Crippen LogP contribution < -0.4 is 5.73 Å². The van der Waals surface area contributed by atoms with Gasteiger partial charge in [-0.3, -0.25) is 0 Å². The van der Waals surface area contributed by atoms with E-state index in [0.717, 1.165) is 0 Å². The molecule has 9 heteroatoms. The van der Waals surface area contributed by atoms with E-state index < -0.39 is 24.5 Å². The fourth-order valence-electron chi connectivity index (χ4n) is 2.37. The number of ether oxygens (including phenoxy) is 1. The highest BCUT2D eigenvalue weighted by Gasteiger charge is 2.44. The van der Waals surface area contributed by atoms with Gasteiger partial charge in [0.2, 0.25) is 0 Å². The summed E-state index contributed by atoms with van der Waals surface area (Å²) in [6, 6.07) is 0. The van der Waals surface area contributed by atoms with E-state index in [4.69, 9.17) is 15.6 Å². The van der Waals surface area contributed by atoms with Crippen molar-refractivity contribution in [2.45, 2.75) is 24.5 Å². The first-order chi connectivity index (χ1) is 9.54. The van der Waals surface area contributed by atoms with E-state index in [9.17, 15) is 10.2 Å². The molecule has 1 aliphatic heterocycles. The lowest BCUT2D eigenvalue weighted by Crippen LogP contribution is -2.33. The molecule has 108 valence electrons. The molecule has 4 atom stereocenters. The van der Waals surface area contributed by atoms with Gasteiger partial charge in [0.1, 0.15) is 36.1 Å². The fourth-order valence-corrected chi connectivity index (χ4v) is 2.97. The second-order valence-electron chi connectivity index (χ2n) is 4.57. The van der Waals surface area contributed by atoms with Crippen molar-refractivity contribution >= 4 is 32.8 Å². The highest BCUT2D eigenvalue weighted by atomic mass is 79.9. The van der Waals surface area contributed by atoms with E-state index in [1.165, 1.54) is 6.33 Å². The second-order valence-corrected chi connectivity index (χ2v) is 5.43. The predicted octanol–water partition coefficient (Wildman–Crippen LogP) is -0.613. The number of rotatable bonds is 2. The Morgan fingerprint density at radius 3 is 2.75 bits per heavy atom. The van der Waals surface area contributed by atoms with Crippen LogP contribution in [0, 0.1) is 0 Å². The maximum absolute atomic E-state index is 10.1. The lowest BCUT2D eigenvalue weighted by Gasteiger charge is -2.17. The van der Waals surface area contributed by atoms with Crippen LogP contribution in [0.4, 0.5) is 5.82 Å². The quantitative estimate of drug-likeness (QED) is 0.572. The van der Waals surface area contributed by atoms with Gasteiger partial charge in [-0.05, 0) is 15.9 Å². The third-order valence-corrected chi connectivity index (χ3v) is 3.98. The number of fused-ring (bicyclic) bond motifs is 1. The molecule has 8 nitrogen and oxygen atoms in total. The smallest absolute Gasteiger partial charge is 0.164 e. The number of nitrogens with two attached hydrogens (primary N) is 1. The molecule has 3 rings (SSSR count). The summed E-state index contributed by atoms with van der Waals surface area (Å²) >= 11 is 3.35. The molecule has 1 fully saturated rings. The van der Waals surface area contributed by atoms with Crippen LogP contribution in [0.15, 0.2) is 17.0 Å². The SMILES string of the molecule is Nc1ncnc2c1c(Br)cn2[C@H]1O[C@@H](CO)[C@H](O)[C@@H]1O. The molecular formula is C11H13BrN4O4. The number of hydrogen-bond donors (Lipinski definition) is 4. The highest BCUT2D eigenvalue weighted by molar-refractivity contribution is 9.10. The Bertz CT molecular complexity index is 649. The number of aliphatic hydroxyl groups is 3. The molecule has 0 aliphatic carbocycles. The highest BCUT2D eigenvalue weighted by Crippen LogP contribution is 2.36. The minimum Gasteiger partial charge on any atom is -0.394 e. The molecule has 3 heterocycles. The summed E-state index contributed by atoms with van der Waals surface area (Å²) < 4.78 is 7.69. The first-order valence-electron chi connectivity index (χ1n) is 5.93. The number of aliphatic hydroxyl groups excluding tert-OH is 3. The summed E-state index contributed by atoms with van der Waals surface area (Å²) in [6.45, 7) is -0.383. The first kappa shape index (κ1) is 13.7. The molecule has 0 aromatic carbocycles. The summed E-state index contributed by atoms with van der Waals surface area (Å²) in [5.41, 5.74) is 6.27. The van der Waals surface area contributed by atoms with Crippen molar-refractivity contribution in [2.24, 2.45) is 0 Å². The molecule has 1 aliphatic rings. The van der Waals surface area contributed by atoms with Gasteiger partial charge in [0.25, 0.3) is 0 Å². The Morgan fingerprint density at radius 1 is 1.35 bits per heavy atom. The van der Waals surface area contributed by atoms with E-state index >= 15 is 0 Å². The first-order valence-corrected chi connectivity index (χ1v) is 6.73. The average Bonchev–Trinajstić information content (AvgIpc) is 2.90. The van der Waals surface area contributed by atoms with Gasteiger partial charge in [-0.15, -0.1) is 0 Å². The van der Waals surface area contributed by atoms with Crippen LogP contribution in [-0.4, -0.2) is 54.8 Å². The van der Waals surface area contributed by atoms with Crippen molar-refractivity contribution in [1.82, 2.24) is 14.5 Å². The topological polar surface area (TPSA) is 127 Å². The van der Waals surface area contributed by atoms with Crippen LogP contribution in [0.1, 0.15) is 6.23 Å². The van der Waals surface area contributed by atoms with E-state index in [-0.39, 0.29) is 6.61 Å². The van der Waals surface area contributed by atoms with Gasteiger partial charge in [0.05, 0.1) is 12.0 Å². The summed E-state index contributed by atoms with van der Waals surface area (Å²) in [5.74, 6) is 0.298. The van der Waals surface area contributed by atoms with Gasteiger partial charge in [-0.25, -0.2) is 9.97 Å². The molecule has 0 unspecified atom stereocenters. The molecule has 0 saturated carbocycles. The minimum absolute atomic E-state index is 0.298. The van der Waals surface area contributed by atoms with Crippen molar-refractivity contribution < 1.29 is 20.1 Å². The fraction of sp³-hybridized carbons (Fsp3) is 0.455. The van der Waals surface area contributed by atoms with Crippen LogP contribution in [0.2, 0.25) is 0 Å². The van der Waals surface area contributed by atoms with Crippen molar-refractivity contribution in [3.05, 3.63) is 17.0 Å². The summed E-state index contributed by atoms with van der Waals surface area (Å²) in [5, 5.41) is 29.6. The van der Waals surface area contributed by atoms with Crippen molar-refractivity contribution in [3.8, 4) is 0 Å². The second kappa shape index (κ2) is 4.93. The van der Waals surface area contributed by atoms with Crippen LogP contribution in [0.25, 0.3) is 11.0 Å². The van der Waals surface area contributed by atoms with E-state index in [2.05, 4.69) is 25.9 Å². The minimum atomic E-state index is -1.18. The van der Waals surface area contributed by atoms with Gasteiger partial charge >= 0.3 is 0 Å². The Balaban J connectivity index is 2.10. The van der Waals surface area contributed by atoms with Gasteiger partial charge < -0.3 is 30.4 Å². The molecule has 2 aromatic heterocycles. The summed E-state index contributed by atoms with van der Waals surface area (Å²) in [4.78, 5) is 8.03. The number of halogens is 1. The summed E-state index contributed by atoms with van der Waals surface area (Å²) in [6.07, 6.45) is -1.08. The molecule has 1 saturated heterocycles. The third-order valence-electron chi connectivity index (χ3n) is 3.38. The number of nitrogen functional groups attached to an aromatic ring is 1. The zero-order valence-corrected chi connectivity index (χ0v) is 11.8. The van der Waals surface area contributed by atoms with Gasteiger partial charge in [-0.1, -0.05) is 0 Å². The molecule has 2 aromatic rings. The lowest BCUT2D eigenvalue weighted by atomic mass is 10.1. The Morgan fingerprint density at radius 2 is 2.10 bits per heavy atom. The van der Waals surface area contributed by atoms with E-state index in [1.54, 1.807) is 10.8 Å². The zero-order valence-electron chi connectivity index (χ0n) is 10.2. The van der Waals surface area contributed by atoms with Gasteiger partial charge in [0, 0.05) is 10.7 Å². The normalized spacial score (nSPS) is 30.2. The van der Waals surface area contributed by atoms with Crippen LogP contribution >= 0.6 is 15.9 Å². The van der Waals surface area contributed by atoms with Crippen LogP contribution in [0.5, 0.6) is 0 Å². The molecule has 0 amide bonds.